The zero-order valence-corrected chi connectivity index (χ0v) is 15.5. The van der Waals surface area contributed by atoms with Crippen molar-refractivity contribution in [3.8, 4) is 16.9 Å². The Bertz CT molecular complexity index is 824. The number of amides is 1. The molecule has 0 aliphatic heterocycles. The molecular formula is C21H23NO5. The number of aryl methyl sites for hydroxylation is 2. The lowest BCUT2D eigenvalue weighted by Crippen LogP contribution is -2.13. The second kappa shape index (κ2) is 9.52. The molecule has 2 N–H and O–H groups in total. The monoisotopic (exact) mass is 369 g/mol. The number of carboxylic acid groups (broad SMARTS) is 1. The van der Waals surface area contributed by atoms with Crippen molar-refractivity contribution in [2.75, 3.05) is 11.9 Å². The minimum Gasteiger partial charge on any atom is -0.491 e. The summed E-state index contributed by atoms with van der Waals surface area (Å²) in [5.41, 5.74) is 4.66. The third-order valence-electron chi connectivity index (χ3n) is 4.16. The van der Waals surface area contributed by atoms with Crippen LogP contribution >= 0.6 is 0 Å². The first kappa shape index (κ1) is 20.2. The molecule has 0 heterocycles. The summed E-state index contributed by atoms with van der Waals surface area (Å²) < 4.78 is 5.78. The Morgan fingerprint density at radius 3 is 2.44 bits per heavy atom. The minimum atomic E-state index is -0.842. The van der Waals surface area contributed by atoms with E-state index in [1.165, 1.54) is 0 Å². The normalized spacial score (nSPS) is 10.3. The van der Waals surface area contributed by atoms with Gasteiger partial charge in [-0.25, -0.2) is 0 Å². The summed E-state index contributed by atoms with van der Waals surface area (Å²) in [5.74, 6) is -1.16. The average molecular weight is 369 g/mol. The highest BCUT2D eigenvalue weighted by Gasteiger charge is 2.12. The molecular weight excluding hydrogens is 346 g/mol. The van der Waals surface area contributed by atoms with E-state index in [0.717, 1.165) is 22.3 Å². The lowest BCUT2D eigenvalue weighted by molar-refractivity contribution is -0.137. The number of carboxylic acids is 1. The third kappa shape index (κ3) is 5.67. The van der Waals surface area contributed by atoms with Crippen LogP contribution in [0, 0.1) is 13.8 Å². The lowest BCUT2D eigenvalue weighted by atomic mass is 9.95. The topological polar surface area (TPSA) is 92.7 Å². The fourth-order valence-electron chi connectivity index (χ4n) is 2.89. The van der Waals surface area contributed by atoms with Crippen LogP contribution in [0.15, 0.2) is 36.4 Å². The summed E-state index contributed by atoms with van der Waals surface area (Å²) in [6.07, 6.45) is 1.36. The van der Waals surface area contributed by atoms with Gasteiger partial charge in [-0.1, -0.05) is 24.3 Å². The quantitative estimate of drug-likeness (QED) is 0.399. The summed E-state index contributed by atoms with van der Waals surface area (Å²) in [6, 6.07) is 11.4. The maximum atomic E-state index is 11.4. The number of benzene rings is 2. The summed E-state index contributed by atoms with van der Waals surface area (Å²) in [4.78, 5) is 32.7. The number of ether oxygens (including phenoxy) is 1. The van der Waals surface area contributed by atoms with Crippen molar-refractivity contribution in [3.63, 3.8) is 0 Å². The first-order chi connectivity index (χ1) is 12.9. The van der Waals surface area contributed by atoms with Gasteiger partial charge in [0.1, 0.15) is 5.75 Å². The second-order valence-corrected chi connectivity index (χ2v) is 6.28. The summed E-state index contributed by atoms with van der Waals surface area (Å²) in [7, 11) is 0. The third-order valence-corrected chi connectivity index (χ3v) is 4.16. The van der Waals surface area contributed by atoms with E-state index in [1.807, 2.05) is 44.2 Å². The van der Waals surface area contributed by atoms with Gasteiger partial charge in [0.15, 0.2) is 0 Å². The molecule has 0 aromatic heterocycles. The number of unbranched alkanes of at least 4 members (excludes halogenated alkanes) is 1. The molecule has 2 aromatic carbocycles. The highest BCUT2D eigenvalue weighted by Crippen LogP contribution is 2.34. The van der Waals surface area contributed by atoms with Crippen molar-refractivity contribution >= 4 is 23.9 Å². The van der Waals surface area contributed by atoms with Crippen molar-refractivity contribution in [2.24, 2.45) is 0 Å². The number of aldehydes is 1. The van der Waals surface area contributed by atoms with Crippen molar-refractivity contribution in [1.82, 2.24) is 0 Å². The summed E-state index contributed by atoms with van der Waals surface area (Å²) in [5, 5.41) is 11.2. The Balaban J connectivity index is 2.27. The Kier molecular flexibility index (Phi) is 7.11. The zero-order chi connectivity index (χ0) is 19.8. The number of carbonyl (C=O) groups excluding carboxylic acids is 2. The Morgan fingerprint density at radius 2 is 1.81 bits per heavy atom. The number of hydrogen-bond acceptors (Lipinski definition) is 4. The van der Waals surface area contributed by atoms with Crippen molar-refractivity contribution in [1.29, 1.82) is 0 Å². The van der Waals surface area contributed by atoms with Gasteiger partial charge in [-0.15, -0.1) is 0 Å². The predicted molar refractivity (Wildman–Crippen MR) is 103 cm³/mol. The van der Waals surface area contributed by atoms with Crippen molar-refractivity contribution in [3.05, 3.63) is 47.5 Å². The fourth-order valence-corrected chi connectivity index (χ4v) is 2.89. The van der Waals surface area contributed by atoms with Crippen LogP contribution in [-0.4, -0.2) is 29.9 Å². The van der Waals surface area contributed by atoms with Gasteiger partial charge < -0.3 is 15.2 Å². The van der Waals surface area contributed by atoms with Gasteiger partial charge in [-0.3, -0.25) is 14.4 Å². The Labute approximate surface area is 158 Å². The van der Waals surface area contributed by atoms with Gasteiger partial charge in [0.2, 0.25) is 6.29 Å². The van der Waals surface area contributed by atoms with Gasteiger partial charge in [0.25, 0.3) is 5.91 Å². The molecule has 2 rings (SSSR count). The number of anilines is 1. The number of rotatable bonds is 9. The molecule has 142 valence electrons. The zero-order valence-electron chi connectivity index (χ0n) is 15.5. The molecule has 0 aliphatic carbocycles. The summed E-state index contributed by atoms with van der Waals surface area (Å²) >= 11 is 0. The lowest BCUT2D eigenvalue weighted by Gasteiger charge is -2.15. The fraction of sp³-hybridized carbons (Fsp3) is 0.286. The van der Waals surface area contributed by atoms with Gasteiger partial charge in [0.05, 0.1) is 12.3 Å². The standard InChI is InChI=1S/C21H23NO5/c1-14-6-5-7-15(2)21(14)16-9-10-17(22-19(24)13-23)18(12-16)27-11-4-3-8-20(25)26/h5-7,9-10,12-13H,3-4,8,11H2,1-2H3,(H,22,24)(H,25,26). The van der Waals surface area contributed by atoms with Gasteiger partial charge in [-0.05, 0) is 61.1 Å². The van der Waals surface area contributed by atoms with Crippen LogP contribution in [0.3, 0.4) is 0 Å². The molecule has 0 atom stereocenters. The maximum Gasteiger partial charge on any atom is 0.303 e. The number of aliphatic carboxylic acids is 1. The van der Waals surface area contributed by atoms with E-state index in [2.05, 4.69) is 5.32 Å². The highest BCUT2D eigenvalue weighted by atomic mass is 16.5. The van der Waals surface area contributed by atoms with Crippen LogP contribution in [0.25, 0.3) is 11.1 Å². The van der Waals surface area contributed by atoms with Crippen LogP contribution in [0.1, 0.15) is 30.4 Å². The SMILES string of the molecule is Cc1cccc(C)c1-c1ccc(NC(=O)C=O)c(OCCCCC(=O)O)c1. The molecule has 0 unspecified atom stereocenters. The van der Waals surface area contributed by atoms with Crippen LogP contribution in [0.5, 0.6) is 5.75 Å². The molecule has 0 saturated carbocycles. The average Bonchev–Trinajstić information content (AvgIpc) is 2.62. The number of nitrogens with one attached hydrogen (secondary N) is 1. The van der Waals surface area contributed by atoms with E-state index in [4.69, 9.17) is 9.84 Å². The van der Waals surface area contributed by atoms with E-state index >= 15 is 0 Å². The van der Waals surface area contributed by atoms with Crippen molar-refractivity contribution in [2.45, 2.75) is 33.1 Å². The number of carbonyl (C=O) groups is 3. The summed E-state index contributed by atoms with van der Waals surface area (Å²) in [6.45, 7) is 4.36. The molecule has 0 fully saturated rings. The van der Waals surface area contributed by atoms with Gasteiger partial charge >= 0.3 is 5.97 Å². The van der Waals surface area contributed by atoms with Crippen LogP contribution in [0.2, 0.25) is 0 Å². The van der Waals surface area contributed by atoms with Gasteiger partial charge in [0, 0.05) is 6.42 Å². The number of hydrogen-bond donors (Lipinski definition) is 2. The van der Waals surface area contributed by atoms with E-state index in [9.17, 15) is 14.4 Å². The molecule has 27 heavy (non-hydrogen) atoms. The van der Waals surface area contributed by atoms with E-state index in [-0.39, 0.29) is 12.7 Å². The van der Waals surface area contributed by atoms with Crippen LogP contribution in [-0.2, 0) is 14.4 Å². The highest BCUT2D eigenvalue weighted by molar-refractivity contribution is 6.29. The van der Waals surface area contributed by atoms with E-state index in [1.54, 1.807) is 6.07 Å². The van der Waals surface area contributed by atoms with Gasteiger partial charge in [-0.2, -0.15) is 0 Å². The Hall–Kier alpha value is -3.15. The van der Waals surface area contributed by atoms with E-state index < -0.39 is 11.9 Å². The molecule has 0 radical (unpaired) electrons. The van der Waals surface area contributed by atoms with Crippen molar-refractivity contribution < 1.29 is 24.2 Å². The first-order valence-electron chi connectivity index (χ1n) is 8.73. The molecule has 0 bridgehead atoms. The molecule has 0 aliphatic rings. The predicted octanol–water partition coefficient (Wildman–Crippen LogP) is 3.74. The maximum absolute atomic E-state index is 11.4. The van der Waals surface area contributed by atoms with E-state index in [0.29, 0.717) is 30.9 Å². The van der Waals surface area contributed by atoms with Crippen LogP contribution < -0.4 is 10.1 Å². The first-order valence-corrected chi connectivity index (χ1v) is 8.73. The smallest absolute Gasteiger partial charge is 0.303 e. The largest absolute Gasteiger partial charge is 0.491 e. The molecule has 6 heteroatoms. The minimum absolute atomic E-state index is 0.0839. The molecule has 0 saturated heterocycles. The second-order valence-electron chi connectivity index (χ2n) is 6.28. The molecule has 6 nitrogen and oxygen atoms in total. The molecule has 0 spiro atoms. The Morgan fingerprint density at radius 1 is 1.11 bits per heavy atom. The molecule has 1 amide bonds. The van der Waals surface area contributed by atoms with Crippen LogP contribution in [0.4, 0.5) is 5.69 Å². The molecule has 2 aromatic rings.